The van der Waals surface area contributed by atoms with Crippen LogP contribution >= 0.6 is 34.2 Å². The minimum Gasteiger partial charge on any atom is -0.258 e. The number of nitro groups is 1. The Morgan fingerprint density at radius 1 is 1.47 bits per heavy atom. The SMILES string of the molecule is CC(Cl)C(C)c1ccc(I)cc1[N+](=O)[O-]. The molecule has 0 spiro atoms. The van der Waals surface area contributed by atoms with Crippen molar-refractivity contribution in [2.75, 3.05) is 0 Å². The summed E-state index contributed by atoms with van der Waals surface area (Å²) in [5, 5.41) is 10.7. The molecule has 1 aromatic carbocycles. The second kappa shape index (κ2) is 5.12. The number of alkyl halides is 1. The third-order valence-corrected chi connectivity index (χ3v) is 3.42. The summed E-state index contributed by atoms with van der Waals surface area (Å²) < 4.78 is 0.859. The summed E-state index contributed by atoms with van der Waals surface area (Å²) in [4.78, 5) is 10.5. The molecule has 0 saturated carbocycles. The first-order valence-corrected chi connectivity index (χ1v) is 6.03. The Morgan fingerprint density at radius 3 is 2.53 bits per heavy atom. The Hall–Kier alpha value is -0.360. The van der Waals surface area contributed by atoms with Gasteiger partial charge in [-0.05, 0) is 35.6 Å². The Labute approximate surface area is 107 Å². The number of rotatable bonds is 3. The molecule has 0 amide bonds. The molecule has 82 valence electrons. The highest BCUT2D eigenvalue weighted by Gasteiger charge is 2.22. The van der Waals surface area contributed by atoms with Crippen LogP contribution in [0.5, 0.6) is 0 Å². The molecule has 1 aromatic rings. The highest BCUT2D eigenvalue weighted by Crippen LogP contribution is 2.31. The summed E-state index contributed by atoms with van der Waals surface area (Å²) >= 11 is 8.01. The number of hydrogen-bond acceptors (Lipinski definition) is 2. The van der Waals surface area contributed by atoms with Crippen molar-refractivity contribution in [3.63, 3.8) is 0 Å². The monoisotopic (exact) mass is 339 g/mol. The van der Waals surface area contributed by atoms with Crippen LogP contribution in [-0.2, 0) is 0 Å². The van der Waals surface area contributed by atoms with Crippen LogP contribution in [0.2, 0.25) is 0 Å². The summed E-state index contributed by atoms with van der Waals surface area (Å²) in [5.74, 6) is -0.0240. The molecule has 0 fully saturated rings. The van der Waals surface area contributed by atoms with Crippen LogP contribution in [0.3, 0.4) is 0 Å². The maximum Gasteiger partial charge on any atom is 0.273 e. The highest BCUT2D eigenvalue weighted by atomic mass is 127. The van der Waals surface area contributed by atoms with Gasteiger partial charge >= 0.3 is 0 Å². The normalized spacial score (nSPS) is 14.7. The van der Waals surface area contributed by atoms with Gasteiger partial charge in [0.1, 0.15) is 0 Å². The van der Waals surface area contributed by atoms with Crippen LogP contribution in [0, 0.1) is 13.7 Å². The second-order valence-corrected chi connectivity index (χ2v) is 5.36. The van der Waals surface area contributed by atoms with Gasteiger partial charge in [-0.15, -0.1) is 11.6 Å². The molecule has 2 unspecified atom stereocenters. The lowest BCUT2D eigenvalue weighted by molar-refractivity contribution is -0.385. The van der Waals surface area contributed by atoms with Gasteiger partial charge in [0.15, 0.2) is 0 Å². The van der Waals surface area contributed by atoms with Gasteiger partial charge in [0, 0.05) is 26.5 Å². The first-order valence-electron chi connectivity index (χ1n) is 4.51. The summed E-state index contributed by atoms with van der Waals surface area (Å²) in [6.45, 7) is 3.74. The van der Waals surface area contributed by atoms with Gasteiger partial charge in [-0.1, -0.05) is 13.0 Å². The third-order valence-electron chi connectivity index (χ3n) is 2.37. The van der Waals surface area contributed by atoms with Crippen molar-refractivity contribution in [1.29, 1.82) is 0 Å². The van der Waals surface area contributed by atoms with Crippen LogP contribution < -0.4 is 0 Å². The molecule has 0 aromatic heterocycles. The molecule has 0 radical (unpaired) electrons. The zero-order chi connectivity index (χ0) is 11.6. The van der Waals surface area contributed by atoms with E-state index in [0.717, 1.165) is 3.57 Å². The number of halogens is 2. The predicted molar refractivity (Wildman–Crippen MR) is 69.5 cm³/mol. The molecule has 0 aliphatic carbocycles. The van der Waals surface area contributed by atoms with Crippen LogP contribution in [0.1, 0.15) is 25.3 Å². The standard InChI is InChI=1S/C10H11ClINO2/c1-6(7(2)11)9-4-3-8(12)5-10(9)13(14)15/h3-7H,1-2H3. The van der Waals surface area contributed by atoms with E-state index in [1.54, 1.807) is 12.1 Å². The Balaban J connectivity index is 3.22. The molecule has 0 N–H and O–H groups in total. The van der Waals surface area contributed by atoms with Crippen molar-refractivity contribution in [1.82, 2.24) is 0 Å². The van der Waals surface area contributed by atoms with E-state index in [4.69, 9.17) is 11.6 Å². The second-order valence-electron chi connectivity index (χ2n) is 3.43. The Morgan fingerprint density at radius 2 is 2.07 bits per heavy atom. The van der Waals surface area contributed by atoms with E-state index < -0.39 is 0 Å². The van der Waals surface area contributed by atoms with Gasteiger partial charge in [0.2, 0.25) is 0 Å². The molecular weight excluding hydrogens is 328 g/mol. The van der Waals surface area contributed by atoms with Crippen LogP contribution in [-0.4, -0.2) is 10.3 Å². The molecule has 3 nitrogen and oxygen atoms in total. The lowest BCUT2D eigenvalue weighted by Crippen LogP contribution is -2.08. The fourth-order valence-electron chi connectivity index (χ4n) is 1.31. The molecule has 0 heterocycles. The first-order chi connectivity index (χ1) is 6.93. The molecule has 0 bridgehead atoms. The van der Waals surface area contributed by atoms with E-state index in [-0.39, 0.29) is 21.9 Å². The predicted octanol–water partition coefficient (Wildman–Crippen LogP) is 3.93. The maximum atomic E-state index is 10.9. The van der Waals surface area contributed by atoms with E-state index in [9.17, 15) is 10.1 Å². The topological polar surface area (TPSA) is 43.1 Å². The first kappa shape index (κ1) is 12.7. The smallest absolute Gasteiger partial charge is 0.258 e. The van der Waals surface area contributed by atoms with E-state index in [0.29, 0.717) is 5.56 Å². The average Bonchev–Trinajstić information content (AvgIpc) is 2.16. The van der Waals surface area contributed by atoms with E-state index >= 15 is 0 Å². The lowest BCUT2D eigenvalue weighted by Gasteiger charge is -2.14. The van der Waals surface area contributed by atoms with Crippen molar-refractivity contribution in [2.24, 2.45) is 0 Å². The molecule has 5 heteroatoms. The number of nitrogens with zero attached hydrogens (tertiary/aromatic N) is 1. The van der Waals surface area contributed by atoms with Gasteiger partial charge in [-0.3, -0.25) is 10.1 Å². The van der Waals surface area contributed by atoms with E-state index in [1.165, 1.54) is 0 Å². The Kier molecular flexibility index (Phi) is 4.33. The fraction of sp³-hybridized carbons (Fsp3) is 0.400. The van der Waals surface area contributed by atoms with Crippen LogP contribution in [0.4, 0.5) is 5.69 Å². The van der Waals surface area contributed by atoms with Crippen molar-refractivity contribution in [3.05, 3.63) is 37.4 Å². The van der Waals surface area contributed by atoms with E-state index in [2.05, 4.69) is 22.6 Å². The summed E-state index contributed by atoms with van der Waals surface area (Å²) in [6.07, 6.45) is 0. The van der Waals surface area contributed by atoms with E-state index in [1.807, 2.05) is 19.9 Å². The molecule has 0 saturated heterocycles. The van der Waals surface area contributed by atoms with Gasteiger partial charge < -0.3 is 0 Å². The molecule has 2 atom stereocenters. The maximum absolute atomic E-state index is 10.9. The lowest BCUT2D eigenvalue weighted by atomic mass is 9.97. The minimum atomic E-state index is -0.354. The molecule has 0 aliphatic rings. The van der Waals surface area contributed by atoms with Gasteiger partial charge in [0.25, 0.3) is 5.69 Å². The van der Waals surface area contributed by atoms with Crippen LogP contribution in [0.25, 0.3) is 0 Å². The fourth-order valence-corrected chi connectivity index (χ4v) is 1.92. The zero-order valence-corrected chi connectivity index (χ0v) is 11.3. The largest absolute Gasteiger partial charge is 0.273 e. The Bertz CT molecular complexity index is 382. The summed E-state index contributed by atoms with van der Waals surface area (Å²) in [6, 6.07) is 5.22. The summed E-state index contributed by atoms with van der Waals surface area (Å²) in [5.41, 5.74) is 0.852. The molecule has 1 rings (SSSR count). The van der Waals surface area contributed by atoms with Gasteiger partial charge in [-0.2, -0.15) is 0 Å². The van der Waals surface area contributed by atoms with Gasteiger partial charge in [0.05, 0.1) is 4.92 Å². The molecule has 0 aliphatic heterocycles. The van der Waals surface area contributed by atoms with Crippen molar-refractivity contribution in [3.8, 4) is 0 Å². The van der Waals surface area contributed by atoms with Crippen molar-refractivity contribution in [2.45, 2.75) is 25.1 Å². The zero-order valence-electron chi connectivity index (χ0n) is 8.41. The molecular formula is C10H11ClINO2. The number of hydrogen-bond donors (Lipinski definition) is 0. The van der Waals surface area contributed by atoms with Crippen molar-refractivity contribution < 1.29 is 4.92 Å². The highest BCUT2D eigenvalue weighted by molar-refractivity contribution is 14.1. The average molecular weight is 340 g/mol. The number of benzene rings is 1. The third kappa shape index (κ3) is 3.04. The van der Waals surface area contributed by atoms with Gasteiger partial charge in [-0.25, -0.2) is 0 Å². The quantitative estimate of drug-likeness (QED) is 0.362. The number of nitro benzene ring substituents is 1. The van der Waals surface area contributed by atoms with Crippen LogP contribution in [0.15, 0.2) is 18.2 Å². The summed E-state index contributed by atoms with van der Waals surface area (Å²) in [7, 11) is 0. The van der Waals surface area contributed by atoms with Crippen molar-refractivity contribution >= 4 is 39.9 Å². The molecule has 15 heavy (non-hydrogen) atoms. The minimum absolute atomic E-state index is 0.0240.